The monoisotopic (exact) mass is 734 g/mol. The van der Waals surface area contributed by atoms with Crippen LogP contribution in [0.4, 0.5) is 23.7 Å². The third-order valence-electron chi connectivity index (χ3n) is 7.55. The molecule has 2 aromatic rings. The maximum Gasteiger partial charge on any atom is 0.424 e. The third-order valence-corrected chi connectivity index (χ3v) is 9.56. The van der Waals surface area contributed by atoms with Crippen LogP contribution in [0.25, 0.3) is 0 Å². The van der Waals surface area contributed by atoms with Crippen LogP contribution >= 0.6 is 11.6 Å². The fourth-order valence-corrected chi connectivity index (χ4v) is 6.01. The van der Waals surface area contributed by atoms with E-state index in [0.29, 0.717) is 0 Å². The number of carbonyl (C=O) groups is 2. The molecule has 1 saturated carbocycles. The van der Waals surface area contributed by atoms with E-state index in [2.05, 4.69) is 15.0 Å². The molecule has 4 N–H and O–H groups in total. The Balaban J connectivity index is 1.72. The minimum absolute atomic E-state index is 0.000273. The number of hydrogen-bond acceptors (Lipinski definition) is 9. The highest BCUT2D eigenvalue weighted by Crippen LogP contribution is 2.47. The van der Waals surface area contributed by atoms with Crippen LogP contribution in [-0.4, -0.2) is 80.3 Å². The van der Waals surface area contributed by atoms with E-state index in [1.807, 2.05) is 0 Å². The second kappa shape index (κ2) is 13.9. The zero-order chi connectivity index (χ0) is 36.7. The SMILES string of the molecule is CC(C)(C)OC(=O)N1C[C@@](C)(NS(=O)C(C)(C)C)c2cc(C(O)(CNC(=O)c3ccc(OCCO)c(OC4CC4)c3)C(F)(F)F)nc(Cl)c21. The lowest BCUT2D eigenvalue weighted by molar-refractivity contribution is -0.265. The van der Waals surface area contributed by atoms with Gasteiger partial charge in [-0.2, -0.15) is 13.2 Å². The summed E-state index contributed by atoms with van der Waals surface area (Å²) in [5, 5.41) is 22.0. The number of aliphatic hydroxyl groups excluding tert-OH is 1. The molecule has 49 heavy (non-hydrogen) atoms. The highest BCUT2D eigenvalue weighted by Gasteiger charge is 2.58. The molecule has 2 amide bonds. The van der Waals surface area contributed by atoms with Crippen molar-refractivity contribution in [2.24, 2.45) is 0 Å². The minimum Gasteiger partial charge on any atom is -0.487 e. The van der Waals surface area contributed by atoms with Crippen molar-refractivity contribution in [2.45, 2.75) is 95.1 Å². The van der Waals surface area contributed by atoms with Gasteiger partial charge in [0, 0.05) is 11.1 Å². The first kappa shape index (κ1) is 38.6. The molecule has 0 bridgehead atoms. The van der Waals surface area contributed by atoms with Crippen molar-refractivity contribution in [3.63, 3.8) is 0 Å². The van der Waals surface area contributed by atoms with Crippen LogP contribution in [0.15, 0.2) is 24.3 Å². The number of hydrogen-bond donors (Lipinski definition) is 4. The molecule has 3 atom stereocenters. The maximum atomic E-state index is 14.8. The van der Waals surface area contributed by atoms with Crippen LogP contribution < -0.4 is 24.4 Å². The molecule has 4 rings (SSSR count). The van der Waals surface area contributed by atoms with E-state index in [-0.39, 0.29) is 54.2 Å². The summed E-state index contributed by atoms with van der Waals surface area (Å²) < 4.78 is 76.4. The number of amides is 2. The number of halogens is 4. The van der Waals surface area contributed by atoms with E-state index < -0.39 is 68.0 Å². The molecule has 0 radical (unpaired) electrons. The summed E-state index contributed by atoms with van der Waals surface area (Å²) in [6, 6.07) is 4.94. The molecule has 1 aromatic heterocycles. The van der Waals surface area contributed by atoms with Crippen LogP contribution in [0.2, 0.25) is 5.15 Å². The number of pyridine rings is 1. The van der Waals surface area contributed by atoms with Gasteiger partial charge in [0.2, 0.25) is 5.60 Å². The van der Waals surface area contributed by atoms with E-state index in [0.717, 1.165) is 23.8 Å². The van der Waals surface area contributed by atoms with Gasteiger partial charge in [0.05, 0.1) is 58.5 Å². The number of aromatic nitrogens is 1. The molecule has 0 spiro atoms. The van der Waals surface area contributed by atoms with Gasteiger partial charge in [-0.25, -0.2) is 18.7 Å². The van der Waals surface area contributed by atoms with Gasteiger partial charge in [0.1, 0.15) is 12.2 Å². The molecule has 1 fully saturated rings. The number of benzene rings is 1. The van der Waals surface area contributed by atoms with Crippen LogP contribution in [0, 0.1) is 0 Å². The van der Waals surface area contributed by atoms with Gasteiger partial charge in [-0.3, -0.25) is 9.69 Å². The standard InChI is InChI=1S/C32H42ClF3N4O8S/c1-28(2,3)48-27(43)40-17-30(7,39-49(45)29(4,5)6)20-15-23(38-25(33)24(20)40)31(44,32(34,35)36)16-37-26(42)18-8-11-21(46-13-12-41)22(14-18)47-19-9-10-19/h8,11,14-15,19,39,41,44H,9-10,12-13,16-17H2,1-7H3,(H,37,42)/t30-,31?,49?/m1/s1. The number of fused-ring (bicyclic) bond motifs is 1. The Morgan fingerprint density at radius 1 is 1.12 bits per heavy atom. The highest BCUT2D eigenvalue weighted by molar-refractivity contribution is 7.84. The lowest BCUT2D eigenvalue weighted by Crippen LogP contribution is -2.52. The average molecular weight is 735 g/mol. The van der Waals surface area contributed by atoms with Gasteiger partial charge in [-0.15, -0.1) is 0 Å². The Morgan fingerprint density at radius 2 is 1.78 bits per heavy atom. The second-order valence-corrected chi connectivity index (χ2v) is 16.5. The average Bonchev–Trinajstić information content (AvgIpc) is 3.74. The fraction of sp³-hybridized carbons (Fsp3) is 0.594. The van der Waals surface area contributed by atoms with Crippen molar-refractivity contribution in [1.82, 2.24) is 15.0 Å². The lowest BCUT2D eigenvalue weighted by Gasteiger charge is -2.33. The Kier molecular flexibility index (Phi) is 10.9. The molecule has 17 heteroatoms. The maximum absolute atomic E-state index is 14.8. The summed E-state index contributed by atoms with van der Waals surface area (Å²) in [5.74, 6) is -0.547. The van der Waals surface area contributed by atoms with Crippen LogP contribution in [0.5, 0.6) is 11.5 Å². The van der Waals surface area contributed by atoms with Crippen molar-refractivity contribution in [3.8, 4) is 11.5 Å². The van der Waals surface area contributed by atoms with Gasteiger partial charge in [0.25, 0.3) is 5.91 Å². The van der Waals surface area contributed by atoms with Crippen molar-refractivity contribution < 1.29 is 51.4 Å². The Labute approximate surface area is 290 Å². The quantitative estimate of drug-likeness (QED) is 0.237. The first-order valence-corrected chi connectivity index (χ1v) is 17.1. The largest absolute Gasteiger partial charge is 0.487 e. The number of alkyl halides is 3. The second-order valence-electron chi connectivity index (χ2n) is 14.2. The van der Waals surface area contributed by atoms with Crippen molar-refractivity contribution in [3.05, 3.63) is 46.2 Å². The Hall–Kier alpha value is -3.18. The first-order chi connectivity index (χ1) is 22.5. The number of aliphatic hydroxyl groups is 2. The molecule has 1 aliphatic carbocycles. The summed E-state index contributed by atoms with van der Waals surface area (Å²) in [4.78, 5) is 31.4. The van der Waals surface area contributed by atoms with Crippen LogP contribution in [0.3, 0.4) is 0 Å². The first-order valence-electron chi connectivity index (χ1n) is 15.5. The van der Waals surface area contributed by atoms with Crippen LogP contribution in [-0.2, 0) is 26.9 Å². The molecular weight excluding hydrogens is 693 g/mol. The van der Waals surface area contributed by atoms with E-state index in [9.17, 15) is 32.1 Å². The smallest absolute Gasteiger partial charge is 0.424 e. The molecule has 1 aromatic carbocycles. The van der Waals surface area contributed by atoms with Crippen molar-refractivity contribution in [1.29, 1.82) is 0 Å². The summed E-state index contributed by atoms with van der Waals surface area (Å²) in [6.45, 7) is 9.57. The van der Waals surface area contributed by atoms with E-state index in [4.69, 9.17) is 30.9 Å². The molecule has 1 aliphatic heterocycles. The van der Waals surface area contributed by atoms with E-state index >= 15 is 0 Å². The van der Waals surface area contributed by atoms with E-state index in [1.54, 1.807) is 41.5 Å². The van der Waals surface area contributed by atoms with Gasteiger partial charge < -0.3 is 29.7 Å². The van der Waals surface area contributed by atoms with Crippen molar-refractivity contribution >= 4 is 40.3 Å². The number of nitrogens with one attached hydrogen (secondary N) is 2. The van der Waals surface area contributed by atoms with Gasteiger partial charge in [0.15, 0.2) is 16.7 Å². The zero-order valence-electron chi connectivity index (χ0n) is 28.3. The summed E-state index contributed by atoms with van der Waals surface area (Å²) >= 11 is 6.50. The molecule has 12 nitrogen and oxygen atoms in total. The van der Waals surface area contributed by atoms with Gasteiger partial charge >= 0.3 is 12.3 Å². The number of nitrogens with zero attached hydrogens (tertiary/aromatic N) is 2. The van der Waals surface area contributed by atoms with Gasteiger partial charge in [-0.05, 0) is 85.6 Å². The Bertz CT molecular complexity index is 1610. The number of rotatable bonds is 11. The molecular formula is C32H42ClF3N4O8S. The lowest BCUT2D eigenvalue weighted by atomic mass is 9.91. The summed E-state index contributed by atoms with van der Waals surface area (Å²) in [7, 11) is -1.77. The molecule has 272 valence electrons. The fourth-order valence-electron chi connectivity index (χ4n) is 4.82. The highest BCUT2D eigenvalue weighted by atomic mass is 35.5. The predicted octanol–water partition coefficient (Wildman–Crippen LogP) is 4.85. The van der Waals surface area contributed by atoms with E-state index in [1.165, 1.54) is 25.1 Å². The predicted molar refractivity (Wildman–Crippen MR) is 176 cm³/mol. The molecule has 2 unspecified atom stereocenters. The normalized spacial score (nSPS) is 19.9. The number of anilines is 1. The summed E-state index contributed by atoms with van der Waals surface area (Å²) in [5.41, 5.74) is -7.27. The van der Waals surface area contributed by atoms with Gasteiger partial charge in [-0.1, -0.05) is 11.6 Å². The minimum atomic E-state index is -5.38. The topological polar surface area (TPSA) is 160 Å². The molecule has 2 aliphatic rings. The molecule has 2 heterocycles. The summed E-state index contributed by atoms with van der Waals surface area (Å²) in [6.07, 6.45) is -4.79. The van der Waals surface area contributed by atoms with Crippen LogP contribution in [0.1, 0.15) is 82.9 Å². The third kappa shape index (κ3) is 8.77. The van der Waals surface area contributed by atoms with Crippen molar-refractivity contribution in [2.75, 3.05) is 31.2 Å². The number of carbonyl (C=O) groups excluding carboxylic acids is 2. The number of ether oxygens (including phenoxy) is 3. The molecule has 0 saturated heterocycles. The zero-order valence-corrected chi connectivity index (χ0v) is 29.9. The Morgan fingerprint density at radius 3 is 2.33 bits per heavy atom.